The highest BCUT2D eigenvalue weighted by Crippen LogP contribution is 2.51. The van der Waals surface area contributed by atoms with Gasteiger partial charge in [-0.1, -0.05) is 0 Å². The highest BCUT2D eigenvalue weighted by molar-refractivity contribution is 7.10. The van der Waals surface area contributed by atoms with Crippen molar-refractivity contribution in [3.8, 4) is 0 Å². The van der Waals surface area contributed by atoms with Crippen LogP contribution in [0.15, 0.2) is 11.4 Å². The molecule has 0 spiro atoms. The van der Waals surface area contributed by atoms with E-state index >= 15 is 0 Å². The summed E-state index contributed by atoms with van der Waals surface area (Å²) in [6, 6.07) is 1.47. The van der Waals surface area contributed by atoms with E-state index in [1.54, 1.807) is 16.2 Å². The molecule has 1 amide bonds. The smallest absolute Gasteiger partial charge is 0.326 e. The second kappa shape index (κ2) is 5.20. The van der Waals surface area contributed by atoms with Crippen LogP contribution in [0.25, 0.3) is 0 Å². The molecule has 2 heterocycles. The fourth-order valence-electron chi connectivity index (χ4n) is 3.19. The normalized spacial score (nSPS) is 29.2. The van der Waals surface area contributed by atoms with Gasteiger partial charge in [0.05, 0.1) is 0 Å². The Morgan fingerprint density at radius 3 is 2.85 bits per heavy atom. The van der Waals surface area contributed by atoms with E-state index in [4.69, 9.17) is 0 Å². The number of aryl methyl sites for hydroxylation is 1. The van der Waals surface area contributed by atoms with Crippen molar-refractivity contribution < 1.29 is 14.7 Å². The van der Waals surface area contributed by atoms with Crippen molar-refractivity contribution >= 4 is 23.2 Å². The monoisotopic (exact) mass is 293 g/mol. The lowest BCUT2D eigenvalue weighted by molar-refractivity contribution is -0.152. The lowest BCUT2D eigenvalue weighted by Crippen LogP contribution is -2.48. The van der Waals surface area contributed by atoms with Crippen molar-refractivity contribution in [1.82, 2.24) is 4.90 Å². The van der Waals surface area contributed by atoms with Crippen molar-refractivity contribution in [2.24, 2.45) is 5.92 Å². The second-order valence-corrected chi connectivity index (χ2v) is 6.75. The average molecular weight is 293 g/mol. The first-order valence-electron chi connectivity index (χ1n) is 7.17. The molecule has 1 N–H and O–H groups in total. The summed E-state index contributed by atoms with van der Waals surface area (Å²) in [6.45, 7) is 2.68. The van der Waals surface area contributed by atoms with E-state index in [0.29, 0.717) is 18.9 Å². The van der Waals surface area contributed by atoms with Gasteiger partial charge in [-0.15, -0.1) is 11.3 Å². The van der Waals surface area contributed by atoms with Crippen LogP contribution in [0.2, 0.25) is 0 Å². The highest BCUT2D eigenvalue weighted by Gasteiger charge is 2.49. The Morgan fingerprint density at radius 2 is 2.20 bits per heavy atom. The van der Waals surface area contributed by atoms with Gasteiger partial charge in [0.1, 0.15) is 6.04 Å². The fraction of sp³-hybridized carbons (Fsp3) is 0.600. The van der Waals surface area contributed by atoms with Crippen LogP contribution < -0.4 is 0 Å². The number of carboxylic acids is 1. The molecule has 20 heavy (non-hydrogen) atoms. The molecule has 3 rings (SSSR count). The van der Waals surface area contributed by atoms with Crippen LogP contribution in [0.3, 0.4) is 0 Å². The molecular weight excluding hydrogens is 274 g/mol. The first-order valence-corrected chi connectivity index (χ1v) is 8.05. The van der Waals surface area contributed by atoms with Crippen LogP contribution in [-0.4, -0.2) is 34.5 Å². The number of nitrogens with zero attached hydrogens (tertiary/aromatic N) is 1. The van der Waals surface area contributed by atoms with Gasteiger partial charge >= 0.3 is 5.97 Å². The van der Waals surface area contributed by atoms with Gasteiger partial charge in [0.25, 0.3) is 0 Å². The zero-order valence-corrected chi connectivity index (χ0v) is 12.4. The van der Waals surface area contributed by atoms with Crippen LogP contribution in [0.5, 0.6) is 0 Å². The number of likely N-dealkylation sites (tertiary alicyclic amines) is 1. The maximum atomic E-state index is 12.6. The first-order chi connectivity index (χ1) is 9.59. The van der Waals surface area contributed by atoms with Crippen molar-refractivity contribution in [2.45, 2.75) is 44.6 Å². The molecule has 1 aliphatic heterocycles. The summed E-state index contributed by atoms with van der Waals surface area (Å²) in [4.78, 5) is 26.8. The van der Waals surface area contributed by atoms with Gasteiger partial charge in [-0.05, 0) is 49.6 Å². The number of carbonyl (C=O) groups excluding carboxylic acids is 1. The molecule has 108 valence electrons. The Morgan fingerprint density at radius 1 is 1.40 bits per heavy atom. The molecule has 0 radical (unpaired) electrons. The van der Waals surface area contributed by atoms with Crippen molar-refractivity contribution in [3.05, 3.63) is 21.9 Å². The Bertz CT molecular complexity index is 539. The quantitative estimate of drug-likeness (QED) is 0.932. The van der Waals surface area contributed by atoms with E-state index < -0.39 is 12.0 Å². The molecule has 1 saturated carbocycles. The number of piperidine rings is 1. The molecule has 0 aromatic carbocycles. The van der Waals surface area contributed by atoms with E-state index in [0.717, 1.165) is 19.3 Å². The van der Waals surface area contributed by atoms with Crippen molar-refractivity contribution in [1.29, 1.82) is 0 Å². The molecule has 2 fully saturated rings. The van der Waals surface area contributed by atoms with Gasteiger partial charge in [0.2, 0.25) is 5.91 Å². The summed E-state index contributed by atoms with van der Waals surface area (Å²) < 4.78 is 0. The minimum absolute atomic E-state index is 0.00676. The van der Waals surface area contributed by atoms with Crippen LogP contribution in [0.4, 0.5) is 0 Å². The van der Waals surface area contributed by atoms with Crippen LogP contribution >= 0.6 is 11.3 Å². The number of thiophene rings is 1. The summed E-state index contributed by atoms with van der Waals surface area (Å²) in [5.74, 6) is -0.483. The van der Waals surface area contributed by atoms with Gasteiger partial charge in [-0.3, -0.25) is 4.79 Å². The number of hydrogen-bond acceptors (Lipinski definition) is 3. The van der Waals surface area contributed by atoms with Gasteiger partial charge in [-0.2, -0.15) is 0 Å². The van der Waals surface area contributed by atoms with E-state index in [1.807, 2.05) is 0 Å². The maximum absolute atomic E-state index is 12.6. The standard InChI is InChI=1S/C15H19NO3S/c1-9-5-7-20-13(9)10-8-11(10)14(17)16-6-3-2-4-12(16)15(18)19/h5,7,10-12H,2-4,6,8H2,1H3,(H,18,19)/t10-,11-,12+/m1/s1. The number of carboxylic acid groups (broad SMARTS) is 1. The molecule has 2 aliphatic rings. The number of amides is 1. The third-order valence-corrected chi connectivity index (χ3v) is 5.57. The van der Waals surface area contributed by atoms with Crippen LogP contribution in [-0.2, 0) is 9.59 Å². The lowest BCUT2D eigenvalue weighted by Gasteiger charge is -2.33. The van der Waals surface area contributed by atoms with Gasteiger partial charge in [0.15, 0.2) is 0 Å². The molecule has 4 nitrogen and oxygen atoms in total. The Kier molecular flexibility index (Phi) is 3.54. The zero-order valence-electron chi connectivity index (χ0n) is 11.5. The molecule has 1 aliphatic carbocycles. The molecule has 0 bridgehead atoms. The Balaban J connectivity index is 1.71. The number of carbonyl (C=O) groups is 2. The van der Waals surface area contributed by atoms with Crippen molar-refractivity contribution in [2.75, 3.05) is 6.54 Å². The number of aliphatic carboxylic acids is 1. The van der Waals surface area contributed by atoms with Gasteiger partial charge in [0, 0.05) is 23.3 Å². The highest BCUT2D eigenvalue weighted by atomic mass is 32.1. The third kappa shape index (κ3) is 2.35. The Hall–Kier alpha value is -1.36. The average Bonchev–Trinajstić information content (AvgIpc) is 3.12. The first kappa shape index (κ1) is 13.6. The zero-order chi connectivity index (χ0) is 14.3. The molecular formula is C15H19NO3S. The van der Waals surface area contributed by atoms with Gasteiger partial charge in [-0.25, -0.2) is 4.79 Å². The lowest BCUT2D eigenvalue weighted by atomic mass is 10.0. The minimum atomic E-state index is -0.859. The fourth-order valence-corrected chi connectivity index (χ4v) is 4.30. The van der Waals surface area contributed by atoms with E-state index in [-0.39, 0.29) is 11.8 Å². The maximum Gasteiger partial charge on any atom is 0.326 e. The molecule has 1 aromatic heterocycles. The van der Waals surface area contributed by atoms with Crippen LogP contribution in [0, 0.1) is 12.8 Å². The third-order valence-electron chi connectivity index (χ3n) is 4.42. The topological polar surface area (TPSA) is 57.6 Å². The summed E-state index contributed by atoms with van der Waals surface area (Å²) >= 11 is 1.71. The molecule has 1 aromatic rings. The minimum Gasteiger partial charge on any atom is -0.480 e. The van der Waals surface area contributed by atoms with Crippen LogP contribution in [0.1, 0.15) is 42.0 Å². The Labute approximate surface area is 122 Å². The SMILES string of the molecule is Cc1ccsc1[C@@H]1C[C@H]1C(=O)N1CCCC[C@H]1C(=O)O. The molecule has 3 atom stereocenters. The molecule has 1 saturated heterocycles. The summed E-state index contributed by atoms with van der Waals surface area (Å²) in [5.41, 5.74) is 1.25. The predicted molar refractivity (Wildman–Crippen MR) is 76.9 cm³/mol. The predicted octanol–water partition coefficient (Wildman–Crippen LogP) is 2.63. The second-order valence-electron chi connectivity index (χ2n) is 5.80. The molecule has 5 heteroatoms. The number of hydrogen-bond donors (Lipinski definition) is 1. The molecule has 0 unspecified atom stereocenters. The van der Waals surface area contributed by atoms with Gasteiger partial charge < -0.3 is 10.0 Å². The summed E-state index contributed by atoms with van der Waals surface area (Å²) in [7, 11) is 0. The van der Waals surface area contributed by atoms with Crippen molar-refractivity contribution in [3.63, 3.8) is 0 Å². The summed E-state index contributed by atoms with van der Waals surface area (Å²) in [5, 5.41) is 11.3. The summed E-state index contributed by atoms with van der Waals surface area (Å²) in [6.07, 6.45) is 3.29. The van der Waals surface area contributed by atoms with E-state index in [2.05, 4.69) is 18.4 Å². The van der Waals surface area contributed by atoms with E-state index in [1.165, 1.54) is 10.4 Å². The largest absolute Gasteiger partial charge is 0.480 e. The number of rotatable bonds is 3. The van der Waals surface area contributed by atoms with E-state index in [9.17, 15) is 14.7 Å².